The predicted octanol–water partition coefficient (Wildman–Crippen LogP) is 4.67. The Morgan fingerprint density at radius 1 is 1.14 bits per heavy atom. The second kappa shape index (κ2) is 12.1. The van der Waals surface area contributed by atoms with Crippen LogP contribution < -0.4 is 10.9 Å². The molecule has 2 aliphatic heterocycles. The van der Waals surface area contributed by atoms with E-state index in [9.17, 15) is 23.1 Å². The molecule has 1 aromatic heterocycles. The Balaban J connectivity index is 1.50. The van der Waals surface area contributed by atoms with Gasteiger partial charge in [0.1, 0.15) is 35.8 Å². The zero-order valence-corrected chi connectivity index (χ0v) is 25.2. The molecule has 6 unspecified atom stereocenters. The summed E-state index contributed by atoms with van der Waals surface area (Å²) in [6.45, 7) is 6.61. The summed E-state index contributed by atoms with van der Waals surface area (Å²) in [7, 11) is 0. The number of amides is 1. The molecule has 2 fully saturated rings. The van der Waals surface area contributed by atoms with Crippen molar-refractivity contribution in [1.82, 2.24) is 25.6 Å². The summed E-state index contributed by atoms with van der Waals surface area (Å²) in [4.78, 5) is 16.9. The highest BCUT2D eigenvalue weighted by atomic mass is 79.9. The van der Waals surface area contributed by atoms with Gasteiger partial charge in [-0.25, -0.2) is 19.9 Å². The average molecular weight is 670 g/mol. The summed E-state index contributed by atoms with van der Waals surface area (Å²) < 4.78 is 67.1. The molecule has 11 nitrogen and oxygen atoms in total. The van der Waals surface area contributed by atoms with E-state index >= 15 is 0 Å². The zero-order valence-electron chi connectivity index (χ0n) is 23.6. The van der Waals surface area contributed by atoms with E-state index in [0.29, 0.717) is 4.47 Å². The van der Waals surface area contributed by atoms with Crippen molar-refractivity contribution in [3.05, 3.63) is 75.8 Å². The molecule has 15 heteroatoms. The van der Waals surface area contributed by atoms with Crippen LogP contribution >= 0.6 is 15.9 Å². The summed E-state index contributed by atoms with van der Waals surface area (Å²) >= 11 is 3.23. The van der Waals surface area contributed by atoms with Crippen LogP contribution in [-0.4, -0.2) is 62.5 Å². The molecular weight excluding hydrogens is 639 g/mol. The summed E-state index contributed by atoms with van der Waals surface area (Å²) in [5.41, 5.74) is 3.89. The third-order valence-electron chi connectivity index (χ3n) is 6.71. The van der Waals surface area contributed by atoms with Gasteiger partial charge in [-0.05, 0) is 45.9 Å². The fourth-order valence-corrected chi connectivity index (χ4v) is 5.30. The van der Waals surface area contributed by atoms with E-state index in [1.54, 1.807) is 20.8 Å². The van der Waals surface area contributed by atoms with Gasteiger partial charge in [0.05, 0.1) is 23.9 Å². The topological polar surface area (TPSA) is 129 Å². The van der Waals surface area contributed by atoms with Gasteiger partial charge in [-0.1, -0.05) is 46.3 Å². The lowest BCUT2D eigenvalue weighted by molar-refractivity contribution is -0.313. The Bertz CT molecular complexity index is 1450. The Labute approximate surface area is 253 Å². The number of hydrazine groups is 1. The minimum Gasteiger partial charge on any atom is -0.443 e. The number of hydrogen-bond acceptors (Lipinski definition) is 9. The van der Waals surface area contributed by atoms with Gasteiger partial charge in [-0.2, -0.15) is 18.3 Å². The van der Waals surface area contributed by atoms with Crippen molar-refractivity contribution in [1.29, 1.82) is 0 Å². The van der Waals surface area contributed by atoms with Crippen LogP contribution in [0, 0.1) is 6.92 Å². The molecule has 2 aromatic carbocycles. The third kappa shape index (κ3) is 7.02. The Morgan fingerprint density at radius 3 is 2.53 bits per heavy atom. The van der Waals surface area contributed by atoms with Gasteiger partial charge in [0.2, 0.25) is 0 Å². The van der Waals surface area contributed by atoms with E-state index < -0.39 is 60.2 Å². The highest BCUT2D eigenvalue weighted by molar-refractivity contribution is 9.10. The van der Waals surface area contributed by atoms with E-state index in [2.05, 4.69) is 36.9 Å². The van der Waals surface area contributed by atoms with Crippen molar-refractivity contribution in [2.45, 2.75) is 76.2 Å². The van der Waals surface area contributed by atoms with Gasteiger partial charge >= 0.3 is 12.3 Å². The average Bonchev–Trinajstić information content (AvgIpc) is 3.32. The molecule has 0 spiro atoms. The number of ether oxygens (including phenoxy) is 4. The lowest BCUT2D eigenvalue weighted by atomic mass is 9.91. The smallest absolute Gasteiger partial charge is 0.422 e. The largest absolute Gasteiger partial charge is 0.443 e. The maximum Gasteiger partial charge on any atom is 0.422 e. The molecule has 5 rings (SSSR count). The summed E-state index contributed by atoms with van der Waals surface area (Å²) in [6, 6.07) is 11.5. The number of aromatic nitrogens is 3. The molecule has 2 saturated heterocycles. The summed E-state index contributed by atoms with van der Waals surface area (Å²) in [5, 5.41) is 15.9. The third-order valence-corrected chi connectivity index (χ3v) is 7.20. The molecule has 3 N–H and O–H groups in total. The van der Waals surface area contributed by atoms with Crippen LogP contribution in [0.2, 0.25) is 0 Å². The number of halogens is 4. The van der Waals surface area contributed by atoms with Crippen molar-refractivity contribution in [2.75, 3.05) is 6.61 Å². The number of nitrogens with one attached hydrogen (secondary N) is 2. The maximum absolute atomic E-state index is 14.0. The number of carbonyl (C=O) groups is 1. The molecule has 0 radical (unpaired) electrons. The molecule has 43 heavy (non-hydrogen) atoms. The Kier molecular flexibility index (Phi) is 8.84. The van der Waals surface area contributed by atoms with Crippen molar-refractivity contribution in [2.24, 2.45) is 0 Å². The first-order valence-electron chi connectivity index (χ1n) is 13.4. The van der Waals surface area contributed by atoms with Crippen molar-refractivity contribution >= 4 is 22.0 Å². The molecule has 1 amide bonds. The second-order valence-corrected chi connectivity index (χ2v) is 12.1. The number of hydrogen-bond donors (Lipinski definition) is 3. The van der Waals surface area contributed by atoms with Gasteiger partial charge in [0.15, 0.2) is 12.1 Å². The Morgan fingerprint density at radius 2 is 1.86 bits per heavy atom. The van der Waals surface area contributed by atoms with Crippen molar-refractivity contribution < 1.29 is 42.0 Å². The molecule has 0 bridgehead atoms. The van der Waals surface area contributed by atoms with Gasteiger partial charge in [-0.3, -0.25) is 5.43 Å². The van der Waals surface area contributed by atoms with E-state index in [4.69, 9.17) is 18.9 Å². The molecule has 2 aliphatic rings. The molecule has 0 saturated carbocycles. The van der Waals surface area contributed by atoms with Crippen LogP contribution in [0.25, 0.3) is 5.69 Å². The number of aliphatic hydroxyl groups is 1. The van der Waals surface area contributed by atoms with E-state index in [-0.39, 0.29) is 23.9 Å². The minimum absolute atomic E-state index is 0.00979. The molecule has 3 heterocycles. The van der Waals surface area contributed by atoms with Crippen LogP contribution in [0.5, 0.6) is 0 Å². The van der Waals surface area contributed by atoms with Crippen LogP contribution in [0.15, 0.2) is 53.0 Å². The first-order chi connectivity index (χ1) is 20.2. The molecule has 6 atom stereocenters. The van der Waals surface area contributed by atoms with Crippen LogP contribution in [-0.2, 0) is 25.1 Å². The number of aryl methyl sites for hydroxylation is 1. The normalized spacial score (nSPS) is 26.1. The molecular formula is C28H31BrF3N5O6. The number of benzene rings is 2. The van der Waals surface area contributed by atoms with Gasteiger partial charge < -0.3 is 24.1 Å². The lowest BCUT2D eigenvalue weighted by Crippen LogP contribution is -2.66. The van der Waals surface area contributed by atoms with E-state index in [1.165, 1.54) is 19.1 Å². The standard InChI is InChI=1S/C28H31BrF3N5O6/c1-14-33-24(37(36-14)18-12-16(29)10-11-17(18)28(30,31)32)23-21(38)20(34-35-26(39)43-27(2,3)4)22-19(41-23)13-40-25(42-22)15-8-6-5-7-9-15/h5-12,19-23,25,34,38H,13H2,1-4H3,(H,35,39). The maximum atomic E-state index is 14.0. The van der Waals surface area contributed by atoms with Crippen LogP contribution in [0.4, 0.5) is 18.0 Å². The van der Waals surface area contributed by atoms with Crippen molar-refractivity contribution in [3.63, 3.8) is 0 Å². The van der Waals surface area contributed by atoms with Crippen LogP contribution in [0.3, 0.4) is 0 Å². The number of aliphatic hydroxyl groups excluding tert-OH is 1. The summed E-state index contributed by atoms with van der Waals surface area (Å²) in [5.74, 6) is 0.0685. The summed E-state index contributed by atoms with van der Waals surface area (Å²) in [6.07, 6.45) is -10.8. The number of rotatable bonds is 5. The zero-order chi connectivity index (χ0) is 31.1. The monoisotopic (exact) mass is 669 g/mol. The second-order valence-electron chi connectivity index (χ2n) is 11.1. The minimum atomic E-state index is -4.71. The predicted molar refractivity (Wildman–Crippen MR) is 149 cm³/mol. The number of nitrogens with zero attached hydrogens (tertiary/aromatic N) is 3. The molecule has 3 aromatic rings. The first-order valence-corrected chi connectivity index (χ1v) is 14.2. The molecule has 232 valence electrons. The first kappa shape index (κ1) is 31.3. The number of fused-ring (bicyclic) bond motifs is 1. The van der Waals surface area contributed by atoms with Gasteiger partial charge in [0, 0.05) is 10.0 Å². The fourth-order valence-electron chi connectivity index (χ4n) is 4.96. The van der Waals surface area contributed by atoms with Crippen LogP contribution in [0.1, 0.15) is 55.9 Å². The highest BCUT2D eigenvalue weighted by Gasteiger charge is 2.51. The SMILES string of the molecule is Cc1nc(C2OC3COC(c4ccccc4)OC3C(NNC(=O)OC(C)(C)C)C2O)n(-c2cc(Br)ccc2C(F)(F)F)n1. The number of alkyl halides is 3. The van der Waals surface area contributed by atoms with E-state index in [0.717, 1.165) is 16.3 Å². The quantitative estimate of drug-likeness (QED) is 0.332. The molecule has 0 aliphatic carbocycles. The Hall–Kier alpha value is -3.08. The van der Waals surface area contributed by atoms with E-state index in [1.807, 2.05) is 30.3 Å². The lowest BCUT2D eigenvalue weighted by Gasteiger charge is -2.48. The highest BCUT2D eigenvalue weighted by Crippen LogP contribution is 2.41. The number of carbonyl (C=O) groups excluding carboxylic acids is 1. The van der Waals surface area contributed by atoms with Crippen molar-refractivity contribution in [3.8, 4) is 5.69 Å². The fraction of sp³-hybridized carbons (Fsp3) is 0.464. The van der Waals surface area contributed by atoms with Gasteiger partial charge in [0.25, 0.3) is 0 Å². The van der Waals surface area contributed by atoms with Gasteiger partial charge in [-0.15, -0.1) is 0 Å².